The van der Waals surface area contributed by atoms with E-state index in [0.717, 1.165) is 12.8 Å². The second kappa shape index (κ2) is 5.64. The van der Waals surface area contributed by atoms with Gasteiger partial charge in [0, 0.05) is 6.04 Å². The van der Waals surface area contributed by atoms with Crippen molar-refractivity contribution in [3.63, 3.8) is 0 Å². The topological polar surface area (TPSA) is 38.0 Å². The standard InChI is InChI=1S/C12H22N2S/c1-12(2,3)6-4-11(14-13)8-10-5-7-15-9-10/h5,7,9,11,14H,4,6,8,13H2,1-3H3. The Morgan fingerprint density at radius 1 is 1.47 bits per heavy atom. The molecule has 0 aromatic carbocycles. The van der Waals surface area contributed by atoms with E-state index >= 15 is 0 Å². The summed E-state index contributed by atoms with van der Waals surface area (Å²) < 4.78 is 0. The van der Waals surface area contributed by atoms with E-state index in [2.05, 4.69) is 43.0 Å². The van der Waals surface area contributed by atoms with Gasteiger partial charge < -0.3 is 0 Å². The lowest BCUT2D eigenvalue weighted by Gasteiger charge is -2.22. The van der Waals surface area contributed by atoms with Gasteiger partial charge in [-0.25, -0.2) is 0 Å². The minimum atomic E-state index is 0.393. The third-order valence-electron chi connectivity index (χ3n) is 2.54. The van der Waals surface area contributed by atoms with E-state index in [0.29, 0.717) is 11.5 Å². The molecule has 1 aromatic rings. The van der Waals surface area contributed by atoms with Crippen molar-refractivity contribution in [2.45, 2.75) is 46.1 Å². The summed E-state index contributed by atoms with van der Waals surface area (Å²) in [5.41, 5.74) is 4.70. The number of nitrogens with one attached hydrogen (secondary N) is 1. The largest absolute Gasteiger partial charge is 0.271 e. The van der Waals surface area contributed by atoms with Crippen molar-refractivity contribution < 1.29 is 0 Å². The zero-order valence-corrected chi connectivity index (χ0v) is 10.7. The van der Waals surface area contributed by atoms with Crippen molar-refractivity contribution >= 4 is 11.3 Å². The van der Waals surface area contributed by atoms with Crippen LogP contribution in [0.25, 0.3) is 0 Å². The summed E-state index contributed by atoms with van der Waals surface area (Å²) in [5, 5.41) is 4.31. The molecule has 0 amide bonds. The molecule has 1 unspecified atom stereocenters. The first kappa shape index (κ1) is 12.7. The van der Waals surface area contributed by atoms with Gasteiger partial charge in [0.15, 0.2) is 0 Å². The number of hydrogen-bond donors (Lipinski definition) is 2. The van der Waals surface area contributed by atoms with E-state index in [1.807, 2.05) is 0 Å². The van der Waals surface area contributed by atoms with Crippen molar-refractivity contribution in [1.82, 2.24) is 5.43 Å². The fraction of sp³-hybridized carbons (Fsp3) is 0.667. The molecule has 1 atom stereocenters. The normalized spacial score (nSPS) is 14.1. The van der Waals surface area contributed by atoms with E-state index in [4.69, 9.17) is 5.84 Å². The molecule has 3 N–H and O–H groups in total. The molecule has 0 bridgehead atoms. The predicted octanol–water partition coefficient (Wildman–Crippen LogP) is 2.95. The summed E-state index contributed by atoms with van der Waals surface area (Å²) in [6.07, 6.45) is 3.37. The fourth-order valence-electron chi connectivity index (χ4n) is 1.54. The number of thiophene rings is 1. The molecule has 1 aromatic heterocycles. The second-order valence-corrected chi connectivity index (χ2v) is 6.08. The second-order valence-electron chi connectivity index (χ2n) is 5.30. The van der Waals surface area contributed by atoms with Crippen LogP contribution in [0.4, 0.5) is 0 Å². The van der Waals surface area contributed by atoms with Gasteiger partial charge in [-0.2, -0.15) is 11.3 Å². The van der Waals surface area contributed by atoms with E-state index < -0.39 is 0 Å². The Morgan fingerprint density at radius 3 is 2.67 bits per heavy atom. The Bertz CT molecular complexity index is 262. The van der Waals surface area contributed by atoms with Crippen molar-refractivity contribution in [3.8, 4) is 0 Å². The number of hydrogen-bond acceptors (Lipinski definition) is 3. The maximum atomic E-state index is 5.57. The van der Waals surface area contributed by atoms with Crippen molar-refractivity contribution in [3.05, 3.63) is 22.4 Å². The maximum Gasteiger partial charge on any atom is 0.0251 e. The molecule has 0 saturated heterocycles. The van der Waals surface area contributed by atoms with Crippen LogP contribution in [-0.4, -0.2) is 6.04 Å². The van der Waals surface area contributed by atoms with Crippen LogP contribution in [0.15, 0.2) is 16.8 Å². The summed E-state index contributed by atoms with van der Waals surface area (Å²) in [6.45, 7) is 6.81. The zero-order valence-electron chi connectivity index (χ0n) is 9.92. The number of nitrogens with two attached hydrogens (primary N) is 1. The van der Waals surface area contributed by atoms with Crippen LogP contribution in [0.2, 0.25) is 0 Å². The lowest BCUT2D eigenvalue weighted by molar-refractivity contribution is 0.330. The van der Waals surface area contributed by atoms with Crippen LogP contribution in [0, 0.1) is 5.41 Å². The lowest BCUT2D eigenvalue weighted by Crippen LogP contribution is -2.37. The van der Waals surface area contributed by atoms with Gasteiger partial charge in [0.05, 0.1) is 0 Å². The summed E-state index contributed by atoms with van der Waals surface area (Å²) in [6, 6.07) is 2.57. The molecule has 0 fully saturated rings. The molecular formula is C12H22N2S. The van der Waals surface area contributed by atoms with E-state index in [9.17, 15) is 0 Å². The summed E-state index contributed by atoms with van der Waals surface area (Å²) in [5.74, 6) is 5.57. The van der Waals surface area contributed by atoms with Crippen LogP contribution in [0.3, 0.4) is 0 Å². The first-order valence-electron chi connectivity index (χ1n) is 5.48. The quantitative estimate of drug-likeness (QED) is 0.598. The monoisotopic (exact) mass is 226 g/mol. The van der Waals surface area contributed by atoms with Crippen LogP contribution in [-0.2, 0) is 6.42 Å². The Balaban J connectivity index is 2.36. The number of hydrazine groups is 1. The first-order chi connectivity index (χ1) is 7.01. The minimum absolute atomic E-state index is 0.393. The van der Waals surface area contributed by atoms with Gasteiger partial charge in [0.25, 0.3) is 0 Å². The van der Waals surface area contributed by atoms with E-state index in [1.54, 1.807) is 11.3 Å². The number of rotatable bonds is 5. The predicted molar refractivity (Wildman–Crippen MR) is 67.8 cm³/mol. The highest BCUT2D eigenvalue weighted by Crippen LogP contribution is 2.22. The van der Waals surface area contributed by atoms with Gasteiger partial charge in [-0.1, -0.05) is 20.8 Å². The fourth-order valence-corrected chi connectivity index (χ4v) is 2.23. The first-order valence-corrected chi connectivity index (χ1v) is 6.43. The molecule has 0 aliphatic heterocycles. The van der Waals surface area contributed by atoms with Crippen LogP contribution < -0.4 is 11.3 Å². The molecule has 3 heteroatoms. The molecular weight excluding hydrogens is 204 g/mol. The average molecular weight is 226 g/mol. The maximum absolute atomic E-state index is 5.57. The van der Waals surface area contributed by atoms with E-state index in [-0.39, 0.29) is 0 Å². The highest BCUT2D eigenvalue weighted by atomic mass is 32.1. The van der Waals surface area contributed by atoms with Crippen LogP contribution in [0.1, 0.15) is 39.2 Å². The van der Waals surface area contributed by atoms with Gasteiger partial charge in [-0.15, -0.1) is 0 Å². The molecule has 0 aliphatic rings. The van der Waals surface area contributed by atoms with Gasteiger partial charge in [0.1, 0.15) is 0 Å². The van der Waals surface area contributed by atoms with E-state index in [1.165, 1.54) is 12.0 Å². The molecule has 1 rings (SSSR count). The lowest BCUT2D eigenvalue weighted by atomic mass is 9.88. The molecule has 0 spiro atoms. The molecule has 86 valence electrons. The van der Waals surface area contributed by atoms with Crippen LogP contribution in [0.5, 0.6) is 0 Å². The zero-order chi connectivity index (χ0) is 11.3. The van der Waals surface area contributed by atoms with Crippen molar-refractivity contribution in [1.29, 1.82) is 0 Å². The molecule has 1 heterocycles. The molecule has 0 aliphatic carbocycles. The van der Waals surface area contributed by atoms with Crippen molar-refractivity contribution in [2.24, 2.45) is 11.3 Å². The van der Waals surface area contributed by atoms with Gasteiger partial charge in [-0.3, -0.25) is 11.3 Å². The Labute approximate surface area is 96.9 Å². The average Bonchev–Trinajstić information content (AvgIpc) is 2.63. The highest BCUT2D eigenvalue weighted by Gasteiger charge is 2.14. The highest BCUT2D eigenvalue weighted by molar-refractivity contribution is 7.07. The minimum Gasteiger partial charge on any atom is -0.271 e. The van der Waals surface area contributed by atoms with Gasteiger partial charge in [-0.05, 0) is 47.1 Å². The van der Waals surface area contributed by atoms with Gasteiger partial charge in [0.2, 0.25) is 0 Å². The Morgan fingerprint density at radius 2 is 2.20 bits per heavy atom. The Hall–Kier alpha value is -0.380. The SMILES string of the molecule is CC(C)(C)CCC(Cc1ccsc1)NN. The van der Waals surface area contributed by atoms with Gasteiger partial charge >= 0.3 is 0 Å². The summed E-state index contributed by atoms with van der Waals surface area (Å²) in [4.78, 5) is 0. The summed E-state index contributed by atoms with van der Waals surface area (Å²) in [7, 11) is 0. The van der Waals surface area contributed by atoms with Crippen LogP contribution >= 0.6 is 11.3 Å². The Kier molecular flexibility index (Phi) is 4.77. The summed E-state index contributed by atoms with van der Waals surface area (Å²) >= 11 is 1.75. The smallest absolute Gasteiger partial charge is 0.0251 e. The molecule has 15 heavy (non-hydrogen) atoms. The molecule has 2 nitrogen and oxygen atoms in total. The van der Waals surface area contributed by atoms with Crippen molar-refractivity contribution in [2.75, 3.05) is 0 Å². The third-order valence-corrected chi connectivity index (χ3v) is 3.27. The molecule has 0 radical (unpaired) electrons. The third kappa shape index (κ3) is 5.30. The molecule has 0 saturated carbocycles.